The minimum absolute atomic E-state index is 0.193. The van der Waals surface area contributed by atoms with Crippen LogP contribution >= 0.6 is 0 Å². The van der Waals surface area contributed by atoms with Crippen molar-refractivity contribution in [3.63, 3.8) is 0 Å². The zero-order valence-corrected chi connectivity index (χ0v) is 28.1. The van der Waals surface area contributed by atoms with Crippen molar-refractivity contribution < 1.29 is 23.9 Å². The van der Waals surface area contributed by atoms with Gasteiger partial charge in [-0.25, -0.2) is 0 Å². The summed E-state index contributed by atoms with van der Waals surface area (Å²) in [5, 5.41) is 3.52. The maximum atomic E-state index is 12.9. The van der Waals surface area contributed by atoms with Crippen molar-refractivity contribution in [1.29, 1.82) is 0 Å². The molecule has 0 aliphatic carbocycles. The fourth-order valence-corrected chi connectivity index (χ4v) is 6.88. The summed E-state index contributed by atoms with van der Waals surface area (Å²) in [4.78, 5) is 51.8. The van der Waals surface area contributed by atoms with Crippen LogP contribution in [0.3, 0.4) is 0 Å². The van der Waals surface area contributed by atoms with Crippen molar-refractivity contribution in [3.8, 4) is 0 Å². The lowest BCUT2D eigenvalue weighted by molar-refractivity contribution is -0.141. The monoisotopic (exact) mass is 624 g/mol. The van der Waals surface area contributed by atoms with Gasteiger partial charge in [-0.05, 0) is 116 Å². The van der Waals surface area contributed by atoms with E-state index in [-0.39, 0.29) is 24.8 Å². The Labute approximate surface area is 268 Å². The van der Waals surface area contributed by atoms with Crippen LogP contribution in [0.2, 0.25) is 0 Å². The second-order valence-corrected chi connectivity index (χ2v) is 12.0. The van der Waals surface area contributed by atoms with Crippen molar-refractivity contribution in [1.82, 2.24) is 19.9 Å². The molecule has 4 aromatic rings. The quantitative estimate of drug-likeness (QED) is 0.168. The summed E-state index contributed by atoms with van der Waals surface area (Å²) in [5.74, 6) is -0.588. The number of esters is 2. The molecule has 1 aliphatic heterocycles. The number of methoxy groups -OCH3 is 2. The summed E-state index contributed by atoms with van der Waals surface area (Å²) < 4.78 is 9.92. The smallest absolute Gasteiger partial charge is 0.305 e. The average molecular weight is 625 g/mol. The molecule has 0 saturated heterocycles. The van der Waals surface area contributed by atoms with Gasteiger partial charge in [0.1, 0.15) is 0 Å². The summed E-state index contributed by atoms with van der Waals surface area (Å²) >= 11 is 0. The zero-order chi connectivity index (χ0) is 33.3. The maximum Gasteiger partial charge on any atom is 0.305 e. The molecule has 9 nitrogen and oxygen atoms in total. The molecule has 5 rings (SSSR count). The Kier molecular flexibility index (Phi) is 9.42. The Hall–Kier alpha value is -4.79. The van der Waals surface area contributed by atoms with Crippen LogP contribution in [0, 0.1) is 27.7 Å². The van der Waals surface area contributed by atoms with E-state index in [0.717, 1.165) is 91.3 Å². The molecule has 4 N–H and O–H groups in total. The number of aldehydes is 1. The first-order chi connectivity index (χ1) is 22.1. The number of nitrogens with one attached hydrogen (secondary N) is 4. The van der Waals surface area contributed by atoms with E-state index in [4.69, 9.17) is 9.47 Å². The molecule has 242 valence electrons. The lowest BCUT2D eigenvalue weighted by Crippen LogP contribution is -2.17. The summed E-state index contributed by atoms with van der Waals surface area (Å²) in [6.07, 6.45) is 10.2. The third kappa shape index (κ3) is 5.82. The lowest BCUT2D eigenvalue weighted by Gasteiger charge is -2.03. The number of aromatic amines is 4. The Morgan fingerprint density at radius 3 is 1.80 bits per heavy atom. The zero-order valence-electron chi connectivity index (χ0n) is 28.1. The number of H-pyrrole nitrogens is 4. The predicted molar refractivity (Wildman–Crippen MR) is 179 cm³/mol. The molecule has 0 saturated carbocycles. The summed E-state index contributed by atoms with van der Waals surface area (Å²) in [5.41, 5.74) is 12.5. The molecule has 9 heteroatoms. The van der Waals surface area contributed by atoms with E-state index in [1.165, 1.54) is 25.3 Å². The number of carbonyl (C=O) groups excluding carboxylic acids is 3. The molecule has 0 unspecified atom stereocenters. The van der Waals surface area contributed by atoms with Crippen LogP contribution in [-0.2, 0) is 49.5 Å². The van der Waals surface area contributed by atoms with Gasteiger partial charge in [-0.2, -0.15) is 0 Å². The van der Waals surface area contributed by atoms with E-state index >= 15 is 0 Å². The first-order valence-electron chi connectivity index (χ1n) is 15.9. The topological polar surface area (TPSA) is 133 Å². The molecule has 46 heavy (non-hydrogen) atoms. The first-order valence-corrected chi connectivity index (χ1v) is 15.9. The van der Waals surface area contributed by atoms with Crippen molar-refractivity contribution in [2.45, 2.75) is 80.1 Å². The highest BCUT2D eigenvalue weighted by Crippen LogP contribution is 2.25. The highest BCUT2D eigenvalue weighted by Gasteiger charge is 2.20. The molecule has 0 radical (unpaired) electrons. The number of hydrogen-bond donors (Lipinski definition) is 4. The van der Waals surface area contributed by atoms with Crippen LogP contribution in [0.25, 0.3) is 23.8 Å². The van der Waals surface area contributed by atoms with Gasteiger partial charge in [0.15, 0.2) is 6.29 Å². The minimum atomic E-state index is -0.308. The summed E-state index contributed by atoms with van der Waals surface area (Å²) in [7, 11) is 2.78. The van der Waals surface area contributed by atoms with Gasteiger partial charge in [0.25, 0.3) is 0 Å². The second-order valence-electron chi connectivity index (χ2n) is 12.0. The van der Waals surface area contributed by atoms with Gasteiger partial charge < -0.3 is 29.4 Å². The third-order valence-corrected chi connectivity index (χ3v) is 9.57. The maximum absolute atomic E-state index is 12.9. The Morgan fingerprint density at radius 1 is 0.630 bits per heavy atom. The van der Waals surface area contributed by atoms with Crippen molar-refractivity contribution in [3.05, 3.63) is 88.7 Å². The van der Waals surface area contributed by atoms with Crippen LogP contribution in [0.5, 0.6) is 0 Å². The Bertz CT molecular complexity index is 2100. The molecule has 1 aliphatic rings. The van der Waals surface area contributed by atoms with Crippen LogP contribution in [0.15, 0.2) is 0 Å². The van der Waals surface area contributed by atoms with Gasteiger partial charge in [-0.3, -0.25) is 14.4 Å². The van der Waals surface area contributed by atoms with Crippen molar-refractivity contribution in [2.75, 3.05) is 14.2 Å². The van der Waals surface area contributed by atoms with E-state index in [0.29, 0.717) is 23.8 Å². The SMILES string of the molecule is CCc1c2[nH]c(c1C)C(C=O)=c1[nH]c(c(CCC(=O)OC)c1C)=Cc1[nH]c(c(C)c1CCC(=O)OC)C=c1[nH]c(c(C)c1CC)=C2. The van der Waals surface area contributed by atoms with E-state index in [9.17, 15) is 14.4 Å². The van der Waals surface area contributed by atoms with E-state index in [1.807, 2.05) is 13.0 Å². The Morgan fingerprint density at radius 2 is 1.20 bits per heavy atom. The number of rotatable bonds is 9. The van der Waals surface area contributed by atoms with Gasteiger partial charge in [-0.1, -0.05) is 13.8 Å². The third-order valence-electron chi connectivity index (χ3n) is 9.57. The van der Waals surface area contributed by atoms with Crippen LogP contribution in [-0.4, -0.2) is 52.4 Å². The highest BCUT2D eigenvalue weighted by molar-refractivity contribution is 6.06. The molecule has 0 spiro atoms. The normalized spacial score (nSPS) is 12.3. The van der Waals surface area contributed by atoms with Gasteiger partial charge in [-0.15, -0.1) is 0 Å². The van der Waals surface area contributed by atoms with Crippen LogP contribution < -0.4 is 21.4 Å². The summed E-state index contributed by atoms with van der Waals surface area (Å²) in [6, 6.07) is 0. The molecular weight excluding hydrogens is 580 g/mol. The standard InChI is InChI=1S/C37H44N4O5/c1-9-23-19(3)28-16-31-24(10-2)21(5)36(40-31)27(18-42)37-22(6)26(12-14-35(44)46-8)33(41-37)17-32-25(11-13-34(43)45-7)20(4)29(39-32)15-30(23)38-28/h15-18,38-41H,9-14H2,1-8H3. The van der Waals surface area contributed by atoms with Crippen LogP contribution in [0.1, 0.15) is 94.0 Å². The fraction of sp³-hybridized carbons (Fsp3) is 0.378. The fourth-order valence-electron chi connectivity index (χ4n) is 6.88. The van der Waals surface area contributed by atoms with Gasteiger partial charge in [0.05, 0.1) is 30.8 Å². The average Bonchev–Trinajstić information content (AvgIpc) is 3.72. The lowest BCUT2D eigenvalue weighted by atomic mass is 10.0. The predicted octanol–water partition coefficient (Wildman–Crippen LogP) is 2.77. The van der Waals surface area contributed by atoms with Gasteiger partial charge >= 0.3 is 11.9 Å². The minimum Gasteiger partial charge on any atom is -0.469 e. The Balaban J connectivity index is 1.94. The van der Waals surface area contributed by atoms with Gasteiger partial charge in [0, 0.05) is 46.0 Å². The summed E-state index contributed by atoms with van der Waals surface area (Å²) in [6.45, 7) is 12.5. The van der Waals surface area contributed by atoms with E-state index in [1.54, 1.807) is 0 Å². The molecule has 0 amide bonds. The number of aromatic nitrogens is 4. The van der Waals surface area contributed by atoms with Crippen molar-refractivity contribution >= 4 is 42.0 Å². The largest absolute Gasteiger partial charge is 0.469 e. The van der Waals surface area contributed by atoms with Gasteiger partial charge in [0.2, 0.25) is 0 Å². The van der Waals surface area contributed by atoms with Crippen molar-refractivity contribution in [2.24, 2.45) is 0 Å². The second kappa shape index (κ2) is 13.3. The van der Waals surface area contributed by atoms with Crippen LogP contribution in [0.4, 0.5) is 0 Å². The number of fused-ring (bicyclic) bond motifs is 8. The molecule has 0 aromatic carbocycles. The molecule has 4 aromatic heterocycles. The molecule has 5 heterocycles. The molecular formula is C37H44N4O5. The van der Waals surface area contributed by atoms with E-state index < -0.39 is 0 Å². The number of hydrogen-bond acceptors (Lipinski definition) is 5. The number of ether oxygens (including phenoxy) is 2. The molecule has 8 bridgehead atoms. The van der Waals surface area contributed by atoms with E-state index in [2.05, 4.69) is 66.7 Å². The molecule has 0 fully saturated rings. The molecule has 0 atom stereocenters. The number of carbonyl (C=O) groups is 3. The first kappa shape index (κ1) is 32.6. The highest BCUT2D eigenvalue weighted by atomic mass is 16.5.